The maximum absolute atomic E-state index is 13.3. The molecule has 33 heavy (non-hydrogen) atoms. The van der Waals surface area contributed by atoms with Crippen LogP contribution in [0.5, 0.6) is 0 Å². The predicted octanol–water partition coefficient (Wildman–Crippen LogP) is 3.99. The van der Waals surface area contributed by atoms with Crippen molar-refractivity contribution in [3.8, 4) is 0 Å². The highest BCUT2D eigenvalue weighted by atomic mass is 16.2. The summed E-state index contributed by atoms with van der Waals surface area (Å²) in [7, 11) is 0. The van der Waals surface area contributed by atoms with E-state index >= 15 is 0 Å². The number of hydrogen-bond donors (Lipinski definition) is 1. The zero-order valence-corrected chi connectivity index (χ0v) is 18.8. The summed E-state index contributed by atoms with van der Waals surface area (Å²) in [6.45, 7) is 4.08. The maximum atomic E-state index is 13.3. The van der Waals surface area contributed by atoms with Crippen LogP contribution in [0.4, 0.5) is 4.79 Å². The van der Waals surface area contributed by atoms with Crippen LogP contribution in [0, 0.1) is 6.92 Å². The highest BCUT2D eigenvalue weighted by Crippen LogP contribution is 2.29. The molecule has 0 bridgehead atoms. The Kier molecular flexibility index (Phi) is 6.27. The molecule has 1 N–H and O–H groups in total. The Hall–Kier alpha value is -3.93. The van der Waals surface area contributed by atoms with Gasteiger partial charge in [0.15, 0.2) is 0 Å². The molecule has 4 amide bonds. The molecule has 0 unspecified atom stereocenters. The molecule has 1 fully saturated rings. The van der Waals surface area contributed by atoms with Crippen LogP contribution in [0.25, 0.3) is 0 Å². The molecule has 0 saturated carbocycles. The fourth-order valence-electron chi connectivity index (χ4n) is 4.00. The van der Waals surface area contributed by atoms with Crippen LogP contribution in [-0.2, 0) is 28.2 Å². The van der Waals surface area contributed by atoms with E-state index in [9.17, 15) is 14.4 Å². The van der Waals surface area contributed by atoms with E-state index < -0.39 is 17.5 Å². The number of urea groups is 1. The fourth-order valence-corrected chi connectivity index (χ4v) is 4.00. The van der Waals surface area contributed by atoms with E-state index in [-0.39, 0.29) is 12.5 Å². The molecule has 1 heterocycles. The van der Waals surface area contributed by atoms with Gasteiger partial charge in [0.1, 0.15) is 12.1 Å². The van der Waals surface area contributed by atoms with Gasteiger partial charge in [-0.05, 0) is 30.5 Å². The van der Waals surface area contributed by atoms with E-state index in [1.54, 1.807) is 11.8 Å². The standard InChI is InChI=1S/C27H27N3O3/c1-20-13-15-23(16-14-20)27(2)25(32)30(26(33)28-27)19-24(31)29(17-21-9-5-3-6-10-21)18-22-11-7-4-8-12-22/h3-16H,17-19H2,1-2H3,(H,28,33)/t27-/m1/s1. The third-order valence-corrected chi connectivity index (χ3v) is 5.98. The van der Waals surface area contributed by atoms with Crippen molar-refractivity contribution >= 4 is 17.8 Å². The zero-order valence-electron chi connectivity index (χ0n) is 18.8. The number of amides is 4. The zero-order chi connectivity index (χ0) is 23.4. The lowest BCUT2D eigenvalue weighted by Gasteiger charge is -2.26. The number of benzene rings is 3. The minimum absolute atomic E-state index is 0.292. The number of carbonyl (C=O) groups excluding carboxylic acids is 3. The number of nitrogens with one attached hydrogen (secondary N) is 1. The SMILES string of the molecule is Cc1ccc([C@@]2(C)NC(=O)N(CC(=O)N(Cc3ccccc3)Cc3ccccc3)C2=O)cc1. The highest BCUT2D eigenvalue weighted by Gasteiger charge is 2.49. The van der Waals surface area contributed by atoms with Crippen molar-refractivity contribution in [3.63, 3.8) is 0 Å². The molecule has 4 rings (SSSR count). The second-order valence-electron chi connectivity index (χ2n) is 8.53. The summed E-state index contributed by atoms with van der Waals surface area (Å²) in [4.78, 5) is 42.0. The van der Waals surface area contributed by atoms with Crippen molar-refractivity contribution in [3.05, 3.63) is 107 Å². The van der Waals surface area contributed by atoms with E-state index in [0.29, 0.717) is 18.7 Å². The maximum Gasteiger partial charge on any atom is 0.325 e. The van der Waals surface area contributed by atoms with Gasteiger partial charge in [0.2, 0.25) is 5.91 Å². The molecular weight excluding hydrogens is 414 g/mol. The van der Waals surface area contributed by atoms with Crippen molar-refractivity contribution in [2.45, 2.75) is 32.5 Å². The fraction of sp³-hybridized carbons (Fsp3) is 0.222. The lowest BCUT2D eigenvalue weighted by Crippen LogP contribution is -2.44. The molecule has 6 nitrogen and oxygen atoms in total. The molecule has 0 aromatic heterocycles. The van der Waals surface area contributed by atoms with Crippen LogP contribution in [0.15, 0.2) is 84.9 Å². The monoisotopic (exact) mass is 441 g/mol. The van der Waals surface area contributed by atoms with Crippen LogP contribution in [0.2, 0.25) is 0 Å². The van der Waals surface area contributed by atoms with Crippen molar-refractivity contribution < 1.29 is 14.4 Å². The first kappa shape index (κ1) is 22.3. The van der Waals surface area contributed by atoms with Gasteiger partial charge in [-0.2, -0.15) is 0 Å². The number of aryl methyl sites for hydroxylation is 1. The normalized spacial score (nSPS) is 17.7. The van der Waals surface area contributed by atoms with E-state index in [1.807, 2.05) is 91.9 Å². The smallest absolute Gasteiger partial charge is 0.325 e. The van der Waals surface area contributed by atoms with Gasteiger partial charge in [-0.25, -0.2) is 4.79 Å². The Labute approximate surface area is 193 Å². The first-order valence-corrected chi connectivity index (χ1v) is 10.9. The van der Waals surface area contributed by atoms with E-state index in [4.69, 9.17) is 0 Å². The lowest BCUT2D eigenvalue weighted by atomic mass is 9.91. The average Bonchev–Trinajstić information content (AvgIpc) is 3.04. The minimum atomic E-state index is -1.20. The van der Waals surface area contributed by atoms with Gasteiger partial charge in [-0.15, -0.1) is 0 Å². The van der Waals surface area contributed by atoms with Crippen molar-refractivity contribution in [2.75, 3.05) is 6.54 Å². The van der Waals surface area contributed by atoms with E-state index in [0.717, 1.165) is 21.6 Å². The van der Waals surface area contributed by atoms with Crippen molar-refractivity contribution in [1.82, 2.24) is 15.1 Å². The van der Waals surface area contributed by atoms with Gasteiger partial charge in [-0.1, -0.05) is 90.5 Å². The Morgan fingerprint density at radius 3 is 1.88 bits per heavy atom. The number of carbonyl (C=O) groups is 3. The molecule has 1 saturated heterocycles. The number of nitrogens with zero attached hydrogens (tertiary/aromatic N) is 2. The Bertz CT molecular complexity index is 1100. The van der Waals surface area contributed by atoms with E-state index in [2.05, 4.69) is 5.32 Å². The highest BCUT2D eigenvalue weighted by molar-refractivity contribution is 6.09. The van der Waals surface area contributed by atoms with Crippen LogP contribution in [0.3, 0.4) is 0 Å². The summed E-state index contributed by atoms with van der Waals surface area (Å²) in [6.07, 6.45) is 0. The molecule has 3 aromatic carbocycles. The summed E-state index contributed by atoms with van der Waals surface area (Å²) < 4.78 is 0. The second-order valence-corrected chi connectivity index (χ2v) is 8.53. The summed E-state index contributed by atoms with van der Waals surface area (Å²) in [5.41, 5.74) is 2.50. The molecular formula is C27H27N3O3. The molecule has 168 valence electrons. The van der Waals surface area contributed by atoms with Crippen molar-refractivity contribution in [2.24, 2.45) is 0 Å². The summed E-state index contributed by atoms with van der Waals surface area (Å²) in [5.74, 6) is -0.719. The molecule has 1 aliphatic heterocycles. The second kappa shape index (κ2) is 9.28. The first-order chi connectivity index (χ1) is 15.9. The summed E-state index contributed by atoms with van der Waals surface area (Å²) >= 11 is 0. The Balaban J connectivity index is 1.54. The quantitative estimate of drug-likeness (QED) is 0.564. The molecule has 0 radical (unpaired) electrons. The number of imide groups is 1. The number of rotatable bonds is 7. The third kappa shape index (κ3) is 4.80. The van der Waals surface area contributed by atoms with Gasteiger partial charge < -0.3 is 10.2 Å². The molecule has 1 aliphatic rings. The summed E-state index contributed by atoms with van der Waals surface area (Å²) in [6, 6.07) is 26.2. The molecule has 1 atom stereocenters. The van der Waals surface area contributed by atoms with Crippen LogP contribution >= 0.6 is 0 Å². The Morgan fingerprint density at radius 2 is 1.36 bits per heavy atom. The third-order valence-electron chi connectivity index (χ3n) is 5.98. The largest absolute Gasteiger partial charge is 0.332 e. The van der Waals surface area contributed by atoms with Gasteiger partial charge in [0.05, 0.1) is 0 Å². The van der Waals surface area contributed by atoms with Gasteiger partial charge in [-0.3, -0.25) is 14.5 Å². The average molecular weight is 442 g/mol. The summed E-state index contributed by atoms with van der Waals surface area (Å²) in [5, 5.41) is 2.78. The van der Waals surface area contributed by atoms with Crippen molar-refractivity contribution in [1.29, 1.82) is 0 Å². The van der Waals surface area contributed by atoms with Crippen LogP contribution in [0.1, 0.15) is 29.2 Å². The van der Waals surface area contributed by atoms with Crippen LogP contribution in [-0.4, -0.2) is 34.2 Å². The minimum Gasteiger partial charge on any atom is -0.332 e. The topological polar surface area (TPSA) is 69.7 Å². The van der Waals surface area contributed by atoms with Gasteiger partial charge >= 0.3 is 6.03 Å². The Morgan fingerprint density at radius 1 is 0.848 bits per heavy atom. The molecule has 0 spiro atoms. The molecule has 3 aromatic rings. The van der Waals surface area contributed by atoms with Crippen LogP contribution < -0.4 is 5.32 Å². The molecule has 6 heteroatoms. The van der Waals surface area contributed by atoms with Gasteiger partial charge in [0, 0.05) is 13.1 Å². The first-order valence-electron chi connectivity index (χ1n) is 10.9. The van der Waals surface area contributed by atoms with Gasteiger partial charge in [0.25, 0.3) is 5.91 Å². The van der Waals surface area contributed by atoms with E-state index in [1.165, 1.54) is 0 Å². The molecule has 0 aliphatic carbocycles. The lowest BCUT2D eigenvalue weighted by molar-refractivity contribution is -0.139. The number of hydrogen-bond acceptors (Lipinski definition) is 3. The predicted molar refractivity (Wildman–Crippen MR) is 126 cm³/mol.